The zero-order valence-electron chi connectivity index (χ0n) is 22.1. The minimum Gasteiger partial charge on any atom is -0.508 e. The third kappa shape index (κ3) is 3.60. The van der Waals surface area contributed by atoms with E-state index in [-0.39, 0.29) is 48.5 Å². The van der Waals surface area contributed by atoms with E-state index in [9.17, 15) is 29.1 Å². The number of nitrogens with zero attached hydrogens (tertiary/aromatic N) is 1. The molecule has 5 rings (SSSR count). The van der Waals surface area contributed by atoms with Crippen LogP contribution in [0, 0.1) is 36.0 Å². The maximum absolute atomic E-state index is 14.0. The number of benzene rings is 1. The summed E-state index contributed by atoms with van der Waals surface area (Å²) >= 11 is 0. The van der Waals surface area contributed by atoms with E-state index in [1.54, 1.807) is 32.9 Å². The van der Waals surface area contributed by atoms with Gasteiger partial charge in [0.25, 0.3) is 0 Å². The maximum atomic E-state index is 14.0. The number of carbonyl (C=O) groups is 5. The standard InChI is InChI=1S/C30H33NO7/c1-14-12-17(7-10-22(14)32)25-18-8-9-19-24(29(38)31(28(19)37)11-5-6-23(33)34)20(18)13-21-26(35)15(2)16(3)27(36)30(21,25)4/h7-8,10,12,19-21,24-25,32H,5-6,9,11,13H2,1-4H3,(H,33,34)/t19-,20+,21-,24-,25-,30+/m0/s1. The number of amides is 2. The van der Waals surface area contributed by atoms with E-state index in [4.69, 9.17) is 5.11 Å². The number of carbonyl (C=O) groups excluding carboxylic acids is 4. The first-order chi connectivity index (χ1) is 17.9. The Morgan fingerprint density at radius 3 is 2.42 bits per heavy atom. The molecule has 2 N–H and O–H groups in total. The van der Waals surface area contributed by atoms with E-state index >= 15 is 0 Å². The fraction of sp³-hybridized carbons (Fsp3) is 0.500. The van der Waals surface area contributed by atoms with E-state index < -0.39 is 41.0 Å². The van der Waals surface area contributed by atoms with Gasteiger partial charge in [-0.1, -0.05) is 30.7 Å². The lowest BCUT2D eigenvalue weighted by molar-refractivity contribution is -0.143. The average molecular weight is 520 g/mol. The molecule has 38 heavy (non-hydrogen) atoms. The molecule has 0 radical (unpaired) electrons. The van der Waals surface area contributed by atoms with Crippen molar-refractivity contribution < 1.29 is 34.2 Å². The van der Waals surface area contributed by atoms with Crippen LogP contribution in [-0.2, 0) is 24.0 Å². The molecule has 2 fully saturated rings. The Labute approximate surface area is 221 Å². The molecule has 200 valence electrons. The Hall–Kier alpha value is -3.55. The van der Waals surface area contributed by atoms with Crippen LogP contribution in [0.25, 0.3) is 0 Å². The van der Waals surface area contributed by atoms with E-state index in [2.05, 4.69) is 0 Å². The second kappa shape index (κ2) is 9.03. The number of phenols is 1. The van der Waals surface area contributed by atoms with Crippen molar-refractivity contribution >= 4 is 29.4 Å². The first kappa shape index (κ1) is 26.1. The minimum atomic E-state index is -1.06. The number of fused-ring (bicyclic) bond motifs is 4. The lowest BCUT2D eigenvalue weighted by atomic mass is 9.46. The van der Waals surface area contributed by atoms with Crippen molar-refractivity contribution in [3.05, 3.63) is 52.1 Å². The highest BCUT2D eigenvalue weighted by atomic mass is 16.4. The molecule has 4 aliphatic rings. The summed E-state index contributed by atoms with van der Waals surface area (Å²) in [6, 6.07) is 5.22. The van der Waals surface area contributed by atoms with Crippen LogP contribution in [-0.4, -0.2) is 51.0 Å². The van der Waals surface area contributed by atoms with Gasteiger partial charge in [-0.15, -0.1) is 0 Å². The van der Waals surface area contributed by atoms with Crippen LogP contribution < -0.4 is 0 Å². The van der Waals surface area contributed by atoms with Gasteiger partial charge in [0, 0.05) is 24.8 Å². The van der Waals surface area contributed by atoms with Gasteiger partial charge in [-0.2, -0.15) is 0 Å². The molecule has 1 aromatic carbocycles. The van der Waals surface area contributed by atoms with Gasteiger partial charge < -0.3 is 10.2 Å². The van der Waals surface area contributed by atoms with Crippen molar-refractivity contribution in [2.45, 2.75) is 59.3 Å². The van der Waals surface area contributed by atoms with Gasteiger partial charge in [0.05, 0.1) is 17.3 Å². The molecule has 6 atom stereocenters. The average Bonchev–Trinajstić information content (AvgIpc) is 3.12. The van der Waals surface area contributed by atoms with E-state index in [1.165, 1.54) is 4.90 Å². The van der Waals surface area contributed by atoms with Crippen molar-refractivity contribution in [3.8, 4) is 5.75 Å². The number of phenolic OH excluding ortho intramolecular Hbond substituents is 1. The van der Waals surface area contributed by atoms with Gasteiger partial charge in [-0.05, 0) is 74.3 Å². The highest BCUT2D eigenvalue weighted by Crippen LogP contribution is 2.63. The van der Waals surface area contributed by atoms with Crippen molar-refractivity contribution in [2.75, 3.05) is 6.54 Å². The lowest BCUT2D eigenvalue weighted by Crippen LogP contribution is -2.55. The molecule has 2 amide bonds. The number of allylic oxidation sites excluding steroid dienone is 4. The summed E-state index contributed by atoms with van der Waals surface area (Å²) < 4.78 is 0. The van der Waals surface area contributed by atoms with Crippen LogP contribution in [0.15, 0.2) is 41.0 Å². The highest BCUT2D eigenvalue weighted by molar-refractivity contribution is 6.16. The topological polar surface area (TPSA) is 129 Å². The highest BCUT2D eigenvalue weighted by Gasteiger charge is 2.63. The van der Waals surface area contributed by atoms with Gasteiger partial charge >= 0.3 is 5.97 Å². The van der Waals surface area contributed by atoms with Crippen molar-refractivity contribution in [2.24, 2.45) is 29.1 Å². The van der Waals surface area contributed by atoms with Crippen LogP contribution in [0.2, 0.25) is 0 Å². The summed E-state index contributed by atoms with van der Waals surface area (Å²) in [6.45, 7) is 7.06. The molecule has 0 aromatic heterocycles. The van der Waals surface area contributed by atoms with Crippen LogP contribution in [0.5, 0.6) is 5.75 Å². The van der Waals surface area contributed by atoms with Crippen LogP contribution >= 0.6 is 0 Å². The number of likely N-dealkylation sites (tertiary alicyclic amines) is 1. The largest absolute Gasteiger partial charge is 0.508 e. The zero-order valence-corrected chi connectivity index (χ0v) is 22.1. The number of Topliss-reactive ketones (excluding diaryl/α,β-unsaturated/α-hetero) is 2. The van der Waals surface area contributed by atoms with Crippen molar-refractivity contribution in [1.29, 1.82) is 0 Å². The quantitative estimate of drug-likeness (QED) is 0.448. The molecule has 1 saturated carbocycles. The molecule has 1 aliphatic heterocycles. The number of hydrogen-bond acceptors (Lipinski definition) is 6. The molecule has 1 aromatic rings. The predicted molar refractivity (Wildman–Crippen MR) is 137 cm³/mol. The number of imide groups is 1. The summed E-state index contributed by atoms with van der Waals surface area (Å²) in [5.41, 5.74) is 2.18. The third-order valence-electron chi connectivity index (χ3n) is 9.59. The summed E-state index contributed by atoms with van der Waals surface area (Å²) in [7, 11) is 0. The molecule has 8 heteroatoms. The Morgan fingerprint density at radius 2 is 1.76 bits per heavy atom. The second-order valence-corrected chi connectivity index (χ2v) is 11.5. The predicted octanol–water partition coefficient (Wildman–Crippen LogP) is 3.71. The van der Waals surface area contributed by atoms with Gasteiger partial charge in [-0.3, -0.25) is 28.9 Å². The molecular weight excluding hydrogens is 486 g/mol. The van der Waals surface area contributed by atoms with E-state index in [1.807, 2.05) is 19.1 Å². The minimum absolute atomic E-state index is 0.0548. The number of ketones is 2. The fourth-order valence-electron chi connectivity index (χ4n) is 7.49. The monoisotopic (exact) mass is 519 g/mol. The van der Waals surface area contributed by atoms with Gasteiger partial charge in [0.1, 0.15) is 5.75 Å². The molecule has 0 spiro atoms. The zero-order chi connectivity index (χ0) is 27.7. The molecule has 1 saturated heterocycles. The molecule has 0 bridgehead atoms. The maximum Gasteiger partial charge on any atom is 0.303 e. The summed E-state index contributed by atoms with van der Waals surface area (Å²) in [5.74, 6) is -4.37. The molecule has 8 nitrogen and oxygen atoms in total. The molecule has 3 aliphatic carbocycles. The Kier molecular flexibility index (Phi) is 6.20. The van der Waals surface area contributed by atoms with Crippen molar-refractivity contribution in [3.63, 3.8) is 0 Å². The second-order valence-electron chi connectivity index (χ2n) is 11.5. The number of carboxylic acids is 1. The summed E-state index contributed by atoms with van der Waals surface area (Å²) in [5, 5.41) is 19.2. The Balaban J connectivity index is 1.62. The van der Waals surface area contributed by atoms with Gasteiger partial charge in [0.15, 0.2) is 11.6 Å². The lowest BCUT2D eigenvalue weighted by Gasteiger charge is -2.54. The van der Waals surface area contributed by atoms with Crippen LogP contribution in [0.3, 0.4) is 0 Å². The number of aryl methyl sites for hydroxylation is 1. The Bertz CT molecular complexity index is 1350. The number of aromatic hydroxyl groups is 1. The van der Waals surface area contributed by atoms with Crippen LogP contribution in [0.1, 0.15) is 63.5 Å². The van der Waals surface area contributed by atoms with Crippen molar-refractivity contribution in [1.82, 2.24) is 4.90 Å². The smallest absolute Gasteiger partial charge is 0.303 e. The SMILES string of the molecule is CC1=C(C)C(=O)[C@@]2(C)[C@@H](c3ccc(O)c(C)c3)C3=CC[C@@H]4C(=O)N(CCCC(=O)O)C(=O)[C@@H]4[C@@H]3C[C@H]2C1=O. The molecular formula is C30H33NO7. The number of carboxylic acid groups (broad SMARTS) is 1. The van der Waals surface area contributed by atoms with Crippen LogP contribution in [0.4, 0.5) is 0 Å². The normalized spacial score (nSPS) is 32.7. The van der Waals surface area contributed by atoms with Gasteiger partial charge in [-0.25, -0.2) is 0 Å². The molecule has 1 heterocycles. The first-order valence-corrected chi connectivity index (χ1v) is 13.2. The van der Waals surface area contributed by atoms with E-state index in [0.29, 0.717) is 29.6 Å². The summed E-state index contributed by atoms with van der Waals surface area (Å²) in [4.78, 5) is 66.8. The third-order valence-corrected chi connectivity index (χ3v) is 9.59. The molecule has 0 unspecified atom stereocenters. The summed E-state index contributed by atoms with van der Waals surface area (Å²) in [6.07, 6.45) is 2.69. The first-order valence-electron chi connectivity index (χ1n) is 13.2. The number of rotatable bonds is 5. The fourth-order valence-corrected chi connectivity index (χ4v) is 7.49. The Morgan fingerprint density at radius 1 is 1.05 bits per heavy atom. The van der Waals surface area contributed by atoms with Gasteiger partial charge in [0.2, 0.25) is 11.8 Å². The van der Waals surface area contributed by atoms with E-state index in [0.717, 1.165) is 11.1 Å². The number of aliphatic carboxylic acids is 1. The number of hydrogen-bond donors (Lipinski definition) is 2.